The van der Waals surface area contributed by atoms with Gasteiger partial charge in [-0.25, -0.2) is 24.2 Å². The molecule has 2 N–H and O–H groups in total. The van der Waals surface area contributed by atoms with Gasteiger partial charge in [-0.05, 0) is 44.2 Å². The van der Waals surface area contributed by atoms with Crippen molar-refractivity contribution in [2.45, 2.75) is 20.0 Å². The average Bonchev–Trinajstić information content (AvgIpc) is 2.75. The van der Waals surface area contributed by atoms with Crippen LogP contribution in [0.5, 0.6) is 5.75 Å². The Labute approximate surface area is 193 Å². The minimum Gasteiger partial charge on any atom is -0.496 e. The van der Waals surface area contributed by atoms with Crippen LogP contribution in [0.25, 0.3) is 0 Å². The third kappa shape index (κ3) is 6.32. The van der Waals surface area contributed by atoms with Gasteiger partial charge in [-0.3, -0.25) is 10.1 Å². The molecule has 0 spiro atoms. The van der Waals surface area contributed by atoms with Crippen molar-refractivity contribution in [3.63, 3.8) is 0 Å². The molecule has 0 aliphatic carbocycles. The number of carbonyl (C=O) groups excluding carboxylic acids is 4. The maximum absolute atomic E-state index is 14.1. The molecule has 33 heavy (non-hydrogen) atoms. The van der Waals surface area contributed by atoms with Crippen LogP contribution >= 0.6 is 11.6 Å². The Morgan fingerprint density at radius 3 is 2.36 bits per heavy atom. The Morgan fingerprint density at radius 2 is 1.79 bits per heavy atom. The smallest absolute Gasteiger partial charge is 0.426 e. The molecule has 2 aromatic carbocycles. The van der Waals surface area contributed by atoms with E-state index in [1.165, 1.54) is 37.4 Å². The lowest BCUT2D eigenvalue weighted by Crippen LogP contribution is -2.53. The topological polar surface area (TPSA) is 123 Å². The molecule has 0 aliphatic heterocycles. The van der Waals surface area contributed by atoms with Gasteiger partial charge >= 0.3 is 18.1 Å². The molecular formula is C21H21ClFN3O7. The number of nitrogens with zero attached hydrogens (tertiary/aromatic N) is 1. The molecule has 2 aromatic rings. The van der Waals surface area contributed by atoms with Crippen molar-refractivity contribution in [1.29, 1.82) is 0 Å². The van der Waals surface area contributed by atoms with E-state index in [4.69, 9.17) is 25.8 Å². The molecular weight excluding hydrogens is 461 g/mol. The van der Waals surface area contributed by atoms with Crippen molar-refractivity contribution in [1.82, 2.24) is 10.7 Å². The Bertz CT molecular complexity index is 1060. The van der Waals surface area contributed by atoms with Crippen molar-refractivity contribution in [2.75, 3.05) is 19.2 Å². The van der Waals surface area contributed by atoms with Crippen LogP contribution in [0.3, 0.4) is 0 Å². The van der Waals surface area contributed by atoms with Crippen molar-refractivity contribution in [3.8, 4) is 5.75 Å². The van der Waals surface area contributed by atoms with E-state index in [1.807, 2.05) is 5.32 Å². The van der Waals surface area contributed by atoms with Crippen molar-refractivity contribution in [2.24, 2.45) is 0 Å². The fourth-order valence-corrected chi connectivity index (χ4v) is 2.85. The van der Waals surface area contributed by atoms with Gasteiger partial charge in [-0.2, -0.15) is 5.01 Å². The summed E-state index contributed by atoms with van der Waals surface area (Å²) in [4.78, 5) is 49.6. The van der Waals surface area contributed by atoms with Crippen molar-refractivity contribution >= 4 is 41.3 Å². The Kier molecular flexibility index (Phi) is 8.57. The first-order valence-corrected chi connectivity index (χ1v) is 9.79. The van der Waals surface area contributed by atoms with Gasteiger partial charge in [0.25, 0.3) is 5.91 Å². The number of carbonyl (C=O) groups is 4. The van der Waals surface area contributed by atoms with Crippen molar-refractivity contribution in [3.05, 3.63) is 58.4 Å². The van der Waals surface area contributed by atoms with Crippen molar-refractivity contribution < 1.29 is 37.8 Å². The molecule has 0 atom stereocenters. The first-order valence-electron chi connectivity index (χ1n) is 9.42. The minimum absolute atomic E-state index is 0.0677. The van der Waals surface area contributed by atoms with E-state index in [0.29, 0.717) is 5.01 Å². The summed E-state index contributed by atoms with van der Waals surface area (Å²) >= 11 is 5.87. The third-order valence-corrected chi connectivity index (χ3v) is 4.32. The molecule has 0 saturated heterocycles. The van der Waals surface area contributed by atoms with Gasteiger partial charge in [0.05, 0.1) is 36.6 Å². The zero-order valence-electron chi connectivity index (χ0n) is 18.1. The van der Waals surface area contributed by atoms with E-state index < -0.39 is 41.5 Å². The Balaban J connectivity index is 2.44. The molecule has 0 aliphatic rings. The van der Waals surface area contributed by atoms with Crippen LogP contribution in [0.15, 0.2) is 36.4 Å². The quantitative estimate of drug-likeness (QED) is 0.493. The van der Waals surface area contributed by atoms with Gasteiger partial charge in [0.15, 0.2) is 0 Å². The number of ether oxygens (including phenoxy) is 3. The lowest BCUT2D eigenvalue weighted by molar-refractivity contribution is 0.0596. The summed E-state index contributed by atoms with van der Waals surface area (Å²) in [6, 6.07) is 6.20. The predicted octanol–water partition coefficient (Wildman–Crippen LogP) is 3.68. The normalized spacial score (nSPS) is 10.3. The summed E-state index contributed by atoms with van der Waals surface area (Å²) in [5, 5.41) is 2.31. The van der Waals surface area contributed by atoms with E-state index in [2.05, 4.69) is 5.43 Å². The molecule has 0 unspecified atom stereocenters. The average molecular weight is 482 g/mol. The Hall–Kier alpha value is -3.86. The van der Waals surface area contributed by atoms with Crippen LogP contribution in [0.1, 0.15) is 34.6 Å². The lowest BCUT2D eigenvalue weighted by Gasteiger charge is -2.24. The first kappa shape index (κ1) is 25.4. The highest BCUT2D eigenvalue weighted by Gasteiger charge is 2.26. The summed E-state index contributed by atoms with van der Waals surface area (Å²) in [6.45, 7) is 3.16. The van der Waals surface area contributed by atoms with Gasteiger partial charge < -0.3 is 14.2 Å². The number of benzene rings is 2. The number of halogens is 2. The van der Waals surface area contributed by atoms with Gasteiger partial charge in [0.2, 0.25) is 0 Å². The Morgan fingerprint density at radius 1 is 1.09 bits per heavy atom. The van der Waals surface area contributed by atoms with E-state index in [9.17, 15) is 23.6 Å². The number of urea groups is 1. The first-order chi connectivity index (χ1) is 15.6. The van der Waals surface area contributed by atoms with Gasteiger partial charge in [-0.1, -0.05) is 17.7 Å². The monoisotopic (exact) mass is 481 g/mol. The summed E-state index contributed by atoms with van der Waals surface area (Å²) in [5.41, 5.74) is 1.45. The van der Waals surface area contributed by atoms with Crippen LogP contribution in [0.2, 0.25) is 5.02 Å². The number of hydrogen-bond donors (Lipinski definition) is 2. The van der Waals surface area contributed by atoms with Crippen LogP contribution in [0.4, 0.5) is 19.7 Å². The highest BCUT2D eigenvalue weighted by molar-refractivity contribution is 6.34. The molecule has 4 amide bonds. The molecule has 0 heterocycles. The molecule has 176 valence electrons. The highest BCUT2D eigenvalue weighted by atomic mass is 35.5. The summed E-state index contributed by atoms with van der Waals surface area (Å²) in [7, 11) is 2.47. The van der Waals surface area contributed by atoms with Crippen LogP contribution in [-0.4, -0.2) is 44.3 Å². The predicted molar refractivity (Wildman–Crippen MR) is 116 cm³/mol. The summed E-state index contributed by atoms with van der Waals surface area (Å²) < 4.78 is 28.8. The molecule has 0 aromatic heterocycles. The lowest BCUT2D eigenvalue weighted by atomic mass is 10.1. The number of esters is 1. The summed E-state index contributed by atoms with van der Waals surface area (Å²) in [5.74, 6) is -2.77. The third-order valence-electron chi connectivity index (χ3n) is 4.01. The van der Waals surface area contributed by atoms with Crippen LogP contribution < -0.4 is 20.5 Å². The number of imide groups is 1. The van der Waals surface area contributed by atoms with E-state index in [0.717, 1.165) is 13.2 Å². The molecule has 10 nitrogen and oxygen atoms in total. The minimum atomic E-state index is -1.19. The standard InChI is InChI=1S/C21H21ClFN3O7/c1-11(2)33-21(30)25-26(12-8-9-16(31-3)13(10-12)19(28)32-4)20(29)24-18(27)17-14(22)6-5-7-15(17)23/h5-11H,1-4H3,(H,25,30)(H,24,27,29). The fraction of sp³-hybridized carbons (Fsp3) is 0.238. The molecule has 0 radical (unpaired) electrons. The maximum atomic E-state index is 14.1. The zero-order valence-corrected chi connectivity index (χ0v) is 18.9. The maximum Gasteiger partial charge on any atom is 0.426 e. The zero-order chi connectivity index (χ0) is 24.7. The summed E-state index contributed by atoms with van der Waals surface area (Å²) in [6.07, 6.45) is -1.57. The highest BCUT2D eigenvalue weighted by Crippen LogP contribution is 2.26. The molecule has 2 rings (SSSR count). The number of rotatable bonds is 5. The van der Waals surface area contributed by atoms with Crippen LogP contribution in [-0.2, 0) is 9.47 Å². The van der Waals surface area contributed by atoms with E-state index >= 15 is 0 Å². The number of hydrazine groups is 1. The number of anilines is 1. The molecule has 12 heteroatoms. The number of hydrogen-bond acceptors (Lipinski definition) is 7. The van der Waals surface area contributed by atoms with E-state index in [-0.39, 0.29) is 22.0 Å². The second kappa shape index (κ2) is 11.1. The fourth-order valence-electron chi connectivity index (χ4n) is 2.60. The van der Waals surface area contributed by atoms with Gasteiger partial charge in [-0.15, -0.1) is 0 Å². The molecule has 0 bridgehead atoms. The number of amides is 4. The van der Waals surface area contributed by atoms with Gasteiger partial charge in [0.1, 0.15) is 17.1 Å². The molecule has 0 fully saturated rings. The second-order valence-corrected chi connectivity index (χ2v) is 7.04. The van der Waals surface area contributed by atoms with Crippen LogP contribution in [0, 0.1) is 5.82 Å². The SMILES string of the molecule is COC(=O)c1cc(N(NC(=O)OC(C)C)C(=O)NC(=O)c2c(F)cccc2Cl)ccc1OC. The second-order valence-electron chi connectivity index (χ2n) is 6.63. The number of methoxy groups -OCH3 is 2. The number of nitrogens with one attached hydrogen (secondary N) is 2. The van der Waals surface area contributed by atoms with Gasteiger partial charge in [0, 0.05) is 0 Å². The molecule has 0 saturated carbocycles. The largest absolute Gasteiger partial charge is 0.496 e. The van der Waals surface area contributed by atoms with E-state index in [1.54, 1.807) is 13.8 Å².